The van der Waals surface area contributed by atoms with Gasteiger partial charge in [-0.05, 0) is 19.3 Å². The second-order valence-corrected chi connectivity index (χ2v) is 4.64. The Kier molecular flexibility index (Phi) is 8.97. The van der Waals surface area contributed by atoms with Crippen molar-refractivity contribution >= 4 is 8.03 Å². The largest absolute Gasteiger partial charge is 0.378 e. The van der Waals surface area contributed by atoms with Crippen LogP contribution in [0.2, 0.25) is 0 Å². The molecule has 0 saturated carbocycles. The Bertz CT molecular complexity index is 203. The molecular formula is C9H18NO3P. The monoisotopic (exact) mass is 219 g/mol. The molecular weight excluding hydrogens is 201 g/mol. The van der Waals surface area contributed by atoms with Crippen molar-refractivity contribution in [2.45, 2.75) is 38.7 Å². The predicted molar refractivity (Wildman–Crippen MR) is 55.6 cm³/mol. The molecule has 0 rings (SSSR count). The fourth-order valence-corrected chi connectivity index (χ4v) is 1.92. The lowest BCUT2D eigenvalue weighted by molar-refractivity contribution is 0.218. The molecule has 0 bridgehead atoms. The van der Waals surface area contributed by atoms with Gasteiger partial charge in [-0.2, -0.15) is 5.26 Å². The van der Waals surface area contributed by atoms with Gasteiger partial charge in [0.1, 0.15) is 6.10 Å². The third kappa shape index (κ3) is 8.25. The van der Waals surface area contributed by atoms with Crippen molar-refractivity contribution < 1.29 is 14.2 Å². The minimum Gasteiger partial charge on any atom is -0.378 e. The maximum Gasteiger partial charge on any atom is 0.191 e. The predicted octanol–water partition coefficient (Wildman–Crippen LogP) is 1.94. The van der Waals surface area contributed by atoms with E-state index in [2.05, 4.69) is 0 Å². The lowest BCUT2D eigenvalue weighted by atomic mass is 10.2. The van der Waals surface area contributed by atoms with E-state index < -0.39 is 14.1 Å². The van der Waals surface area contributed by atoms with E-state index >= 15 is 0 Å². The Morgan fingerprint density at radius 1 is 1.57 bits per heavy atom. The molecule has 14 heavy (non-hydrogen) atoms. The summed E-state index contributed by atoms with van der Waals surface area (Å²) < 4.78 is 16.3. The first-order valence-electron chi connectivity index (χ1n) is 4.94. The maximum atomic E-state index is 11.2. The molecule has 0 spiro atoms. The molecule has 5 heteroatoms. The number of nitrogens with zero attached hydrogens (tertiary/aromatic N) is 1. The minimum atomic E-state index is -1.94. The Morgan fingerprint density at radius 3 is 2.86 bits per heavy atom. The number of nitriles is 1. The number of hydrogen-bond donors (Lipinski definition) is 1. The van der Waals surface area contributed by atoms with E-state index in [1.807, 2.05) is 6.92 Å². The van der Waals surface area contributed by atoms with Gasteiger partial charge in [-0.1, -0.05) is 13.3 Å². The summed E-state index contributed by atoms with van der Waals surface area (Å²) in [5.41, 5.74) is 0. The van der Waals surface area contributed by atoms with Crippen LogP contribution >= 0.6 is 8.03 Å². The van der Waals surface area contributed by atoms with Gasteiger partial charge >= 0.3 is 0 Å². The van der Waals surface area contributed by atoms with Crippen LogP contribution in [-0.2, 0) is 9.09 Å². The first-order valence-corrected chi connectivity index (χ1v) is 6.46. The van der Waals surface area contributed by atoms with Crippen molar-refractivity contribution in [2.75, 3.05) is 12.8 Å². The molecule has 0 aliphatic rings. The summed E-state index contributed by atoms with van der Waals surface area (Å²) in [6, 6.07) is 1.71. The smallest absolute Gasteiger partial charge is 0.191 e. The average Bonchev–Trinajstić information content (AvgIpc) is 2.18. The number of unbranched alkanes of at least 4 members (excludes halogenated alkanes) is 1. The van der Waals surface area contributed by atoms with Crippen LogP contribution < -0.4 is 0 Å². The van der Waals surface area contributed by atoms with Crippen LogP contribution in [-0.4, -0.2) is 24.0 Å². The van der Waals surface area contributed by atoms with E-state index in [-0.39, 0.29) is 0 Å². The highest BCUT2D eigenvalue weighted by Gasteiger charge is 2.04. The van der Waals surface area contributed by atoms with Crippen LogP contribution in [0, 0.1) is 11.3 Å². The Morgan fingerprint density at radius 2 is 2.29 bits per heavy atom. The highest BCUT2D eigenvalue weighted by atomic mass is 31.1. The fourth-order valence-electron chi connectivity index (χ4n) is 0.907. The van der Waals surface area contributed by atoms with Gasteiger partial charge in [-0.3, -0.25) is 4.57 Å². The highest BCUT2D eigenvalue weighted by molar-refractivity contribution is 7.39. The zero-order valence-corrected chi connectivity index (χ0v) is 9.53. The quantitative estimate of drug-likeness (QED) is 0.384. The van der Waals surface area contributed by atoms with Crippen LogP contribution in [0.4, 0.5) is 0 Å². The summed E-state index contributed by atoms with van der Waals surface area (Å²) in [4.78, 5) is 0. The molecule has 2 atom stereocenters. The summed E-state index contributed by atoms with van der Waals surface area (Å²) in [5, 5.41) is 17.2. The third-order valence-electron chi connectivity index (χ3n) is 1.77. The molecule has 0 saturated heterocycles. The molecule has 0 amide bonds. The van der Waals surface area contributed by atoms with Crippen molar-refractivity contribution in [1.82, 2.24) is 0 Å². The standard InChI is InChI=1S/C9H18NO3P/c1-2-3-6-13-14(12)7-4-5-9(11)8-10/h9,11,14H,2-7H2,1H3. The summed E-state index contributed by atoms with van der Waals surface area (Å²) >= 11 is 0. The van der Waals surface area contributed by atoms with Gasteiger partial charge in [-0.25, -0.2) is 0 Å². The SMILES string of the molecule is CCCCO[PH](=O)CCCC(O)C#N. The van der Waals surface area contributed by atoms with E-state index in [0.717, 1.165) is 12.8 Å². The number of rotatable bonds is 8. The topological polar surface area (TPSA) is 70.3 Å². The summed E-state index contributed by atoms with van der Waals surface area (Å²) in [6.45, 7) is 2.60. The third-order valence-corrected chi connectivity index (χ3v) is 3.06. The van der Waals surface area contributed by atoms with Gasteiger partial charge in [0.15, 0.2) is 8.03 Å². The number of hydrogen-bond acceptors (Lipinski definition) is 4. The Labute approximate surface area is 85.8 Å². The maximum absolute atomic E-state index is 11.2. The van der Waals surface area contributed by atoms with Crippen molar-refractivity contribution in [3.05, 3.63) is 0 Å². The van der Waals surface area contributed by atoms with E-state index in [9.17, 15) is 4.57 Å². The lowest BCUT2D eigenvalue weighted by Gasteiger charge is -2.03. The Hall–Kier alpha value is -0.360. The van der Waals surface area contributed by atoms with E-state index in [4.69, 9.17) is 14.9 Å². The van der Waals surface area contributed by atoms with Crippen LogP contribution in [0.15, 0.2) is 0 Å². The van der Waals surface area contributed by atoms with Crippen molar-refractivity contribution in [3.63, 3.8) is 0 Å². The molecule has 0 aromatic carbocycles. The van der Waals surface area contributed by atoms with Crippen LogP contribution in [0.25, 0.3) is 0 Å². The average molecular weight is 219 g/mol. The molecule has 2 unspecified atom stereocenters. The molecule has 1 N–H and O–H groups in total. The normalized spacial score (nSPS) is 14.6. The van der Waals surface area contributed by atoms with Crippen LogP contribution in [0.3, 0.4) is 0 Å². The van der Waals surface area contributed by atoms with Gasteiger partial charge in [-0.15, -0.1) is 0 Å². The van der Waals surface area contributed by atoms with Gasteiger partial charge in [0, 0.05) is 6.16 Å². The van der Waals surface area contributed by atoms with Crippen LogP contribution in [0.5, 0.6) is 0 Å². The second kappa shape index (κ2) is 9.21. The first-order chi connectivity index (χ1) is 6.70. The van der Waals surface area contributed by atoms with Crippen molar-refractivity contribution in [1.29, 1.82) is 5.26 Å². The molecule has 0 aliphatic carbocycles. The van der Waals surface area contributed by atoms with E-state index in [1.165, 1.54) is 0 Å². The summed E-state index contributed by atoms with van der Waals surface area (Å²) in [5.74, 6) is 0. The minimum absolute atomic E-state index is 0.379. The molecule has 0 aromatic heterocycles. The van der Waals surface area contributed by atoms with Gasteiger partial charge in [0.05, 0.1) is 12.7 Å². The Balaban J connectivity index is 3.32. The first kappa shape index (κ1) is 13.6. The molecule has 4 nitrogen and oxygen atoms in total. The lowest BCUT2D eigenvalue weighted by Crippen LogP contribution is -2.02. The van der Waals surface area contributed by atoms with Crippen molar-refractivity contribution in [3.8, 4) is 6.07 Å². The zero-order valence-electron chi connectivity index (χ0n) is 8.53. The molecule has 0 radical (unpaired) electrons. The highest BCUT2D eigenvalue weighted by Crippen LogP contribution is 2.24. The fraction of sp³-hybridized carbons (Fsp3) is 0.889. The molecule has 0 fully saturated rings. The van der Waals surface area contributed by atoms with Gasteiger partial charge < -0.3 is 9.63 Å². The summed E-state index contributed by atoms with van der Waals surface area (Å²) in [6.07, 6.45) is 2.45. The molecule has 0 aromatic rings. The van der Waals surface area contributed by atoms with Gasteiger partial charge in [0.2, 0.25) is 0 Å². The number of aliphatic hydroxyl groups is 1. The molecule has 82 valence electrons. The zero-order chi connectivity index (χ0) is 10.8. The van der Waals surface area contributed by atoms with Crippen LogP contribution in [0.1, 0.15) is 32.6 Å². The number of aliphatic hydroxyl groups excluding tert-OH is 1. The molecule has 0 aliphatic heterocycles. The second-order valence-electron chi connectivity index (χ2n) is 3.11. The summed E-state index contributed by atoms with van der Waals surface area (Å²) in [7, 11) is -1.94. The molecule has 0 heterocycles. The van der Waals surface area contributed by atoms with Gasteiger partial charge in [0.25, 0.3) is 0 Å². The van der Waals surface area contributed by atoms with Crippen molar-refractivity contribution in [2.24, 2.45) is 0 Å². The van der Waals surface area contributed by atoms with E-state index in [0.29, 0.717) is 25.6 Å². The van der Waals surface area contributed by atoms with E-state index in [1.54, 1.807) is 6.07 Å².